The largest absolute Gasteiger partial charge is 0.351 e. The van der Waals surface area contributed by atoms with Crippen molar-refractivity contribution < 1.29 is 9.00 Å². The van der Waals surface area contributed by atoms with Crippen LogP contribution in [0.5, 0.6) is 0 Å². The molecule has 1 unspecified atom stereocenters. The molecule has 0 rings (SSSR count). The minimum Gasteiger partial charge on any atom is -0.351 e. The van der Waals surface area contributed by atoms with Crippen molar-refractivity contribution in [1.82, 2.24) is 5.32 Å². The number of rotatable bonds is 3. The van der Waals surface area contributed by atoms with Gasteiger partial charge in [0.25, 0.3) is 0 Å². The van der Waals surface area contributed by atoms with E-state index in [1.54, 1.807) is 0 Å². The Hall–Kier alpha value is -0.580. The van der Waals surface area contributed by atoms with Crippen LogP contribution >= 0.6 is 0 Å². The van der Waals surface area contributed by atoms with E-state index < -0.39 is 9.73 Å². The second kappa shape index (κ2) is 4.09. The molecule has 0 aromatic carbocycles. The zero-order chi connectivity index (χ0) is 10.7. The highest BCUT2D eigenvalue weighted by Crippen LogP contribution is 2.00. The number of carbonyl (C=O) groups is 1. The van der Waals surface area contributed by atoms with Gasteiger partial charge in [0, 0.05) is 33.7 Å². The molecule has 0 aliphatic rings. The Bertz CT molecular complexity index is 275. The molecule has 78 valence electrons. The second-order valence-electron chi connectivity index (χ2n) is 4.26. The number of hydrogen-bond donors (Lipinski definition) is 2. The molecular weight excluding hydrogens is 188 g/mol. The third-order valence-electron chi connectivity index (χ3n) is 1.23. The van der Waals surface area contributed by atoms with Crippen LogP contribution in [0.2, 0.25) is 0 Å². The summed E-state index contributed by atoms with van der Waals surface area (Å²) in [4.78, 5) is 11.2. The first-order chi connectivity index (χ1) is 5.60. The van der Waals surface area contributed by atoms with Crippen LogP contribution in [0.4, 0.5) is 0 Å². The van der Waals surface area contributed by atoms with E-state index in [2.05, 4.69) is 5.32 Å². The summed E-state index contributed by atoms with van der Waals surface area (Å²) < 4.78 is 18.0. The molecule has 2 N–H and O–H groups in total. The van der Waals surface area contributed by atoms with Crippen molar-refractivity contribution in [3.05, 3.63) is 0 Å². The lowest BCUT2D eigenvalue weighted by Crippen LogP contribution is -2.41. The minimum atomic E-state index is -2.54. The summed E-state index contributed by atoms with van der Waals surface area (Å²) in [5.74, 6) is -0.0103. The Morgan fingerprint density at radius 1 is 1.46 bits per heavy atom. The molecule has 0 bridgehead atoms. The number of hydrogen-bond acceptors (Lipinski definition) is 3. The summed E-state index contributed by atoms with van der Waals surface area (Å²) in [6, 6.07) is 0. The maximum absolute atomic E-state index is 11.2. The summed E-state index contributed by atoms with van der Waals surface area (Å²) in [5, 5.41) is 2.74. The smallest absolute Gasteiger partial charge is 0.221 e. The fourth-order valence-electron chi connectivity index (χ4n) is 0.768. The fourth-order valence-corrected chi connectivity index (χ4v) is 1.34. The number of carbonyl (C=O) groups excluding carboxylic acids is 1. The van der Waals surface area contributed by atoms with Crippen LogP contribution in [-0.2, 0) is 14.5 Å². The van der Waals surface area contributed by atoms with Gasteiger partial charge in [-0.2, -0.15) is 0 Å². The standard InChI is InChI=1S/C8H18N2O2S/c1-8(2,3)10-7(11)5-6-13(4,9)12/h9H,5-6H2,1-4H3,(H,10,11). The molecule has 4 nitrogen and oxygen atoms in total. The van der Waals surface area contributed by atoms with Crippen molar-refractivity contribution in [3.8, 4) is 0 Å². The van der Waals surface area contributed by atoms with Crippen molar-refractivity contribution in [2.45, 2.75) is 32.7 Å². The summed E-state index contributed by atoms with van der Waals surface area (Å²) in [7, 11) is -2.54. The third-order valence-corrected chi connectivity index (χ3v) is 2.22. The molecule has 13 heavy (non-hydrogen) atoms. The Morgan fingerprint density at radius 2 is 1.92 bits per heavy atom. The molecule has 5 heteroatoms. The van der Waals surface area contributed by atoms with E-state index in [0.29, 0.717) is 0 Å². The average molecular weight is 206 g/mol. The van der Waals surface area contributed by atoms with Gasteiger partial charge in [-0.15, -0.1) is 0 Å². The van der Waals surface area contributed by atoms with Crippen LogP contribution in [0, 0.1) is 4.78 Å². The van der Waals surface area contributed by atoms with Crippen molar-refractivity contribution in [2.24, 2.45) is 0 Å². The van der Waals surface area contributed by atoms with Crippen LogP contribution in [0.25, 0.3) is 0 Å². The maximum atomic E-state index is 11.2. The Morgan fingerprint density at radius 3 is 2.23 bits per heavy atom. The van der Waals surface area contributed by atoms with Gasteiger partial charge in [0.15, 0.2) is 0 Å². The normalized spacial score (nSPS) is 16.3. The summed E-state index contributed by atoms with van der Waals surface area (Å²) in [6.45, 7) is 5.65. The van der Waals surface area contributed by atoms with Gasteiger partial charge in [0.05, 0.1) is 0 Å². The van der Waals surface area contributed by atoms with Crippen LogP contribution in [0.15, 0.2) is 0 Å². The van der Waals surface area contributed by atoms with Gasteiger partial charge in [0.1, 0.15) is 0 Å². The van der Waals surface area contributed by atoms with Gasteiger partial charge < -0.3 is 5.32 Å². The monoisotopic (exact) mass is 206 g/mol. The van der Waals surface area contributed by atoms with Gasteiger partial charge in [-0.05, 0) is 20.8 Å². The molecule has 0 aromatic heterocycles. The van der Waals surface area contributed by atoms with E-state index in [0.717, 1.165) is 0 Å². The maximum Gasteiger partial charge on any atom is 0.221 e. The lowest BCUT2D eigenvalue weighted by Gasteiger charge is -2.20. The lowest BCUT2D eigenvalue weighted by molar-refractivity contribution is -0.122. The zero-order valence-electron chi connectivity index (χ0n) is 8.64. The topological polar surface area (TPSA) is 70.0 Å². The van der Waals surface area contributed by atoms with Gasteiger partial charge in [0.2, 0.25) is 5.91 Å². The summed E-state index contributed by atoms with van der Waals surface area (Å²) >= 11 is 0. The van der Waals surface area contributed by atoms with Crippen molar-refractivity contribution >= 4 is 15.6 Å². The van der Waals surface area contributed by atoms with E-state index in [4.69, 9.17) is 4.78 Å². The Balaban J connectivity index is 3.92. The molecule has 0 saturated heterocycles. The second-order valence-corrected chi connectivity index (χ2v) is 6.68. The number of amides is 1. The lowest BCUT2D eigenvalue weighted by atomic mass is 10.1. The molecule has 0 aliphatic carbocycles. The summed E-state index contributed by atoms with van der Waals surface area (Å²) in [5.41, 5.74) is -0.256. The third kappa shape index (κ3) is 9.33. The SMILES string of the molecule is CC(C)(C)NC(=O)CCS(C)(=N)=O. The van der Waals surface area contributed by atoms with Crippen molar-refractivity contribution in [3.63, 3.8) is 0 Å². The van der Waals surface area contributed by atoms with Gasteiger partial charge >= 0.3 is 0 Å². The Labute approximate surface area is 80.1 Å². The van der Waals surface area contributed by atoms with Crippen LogP contribution in [0.3, 0.4) is 0 Å². The molecule has 0 fully saturated rings. The van der Waals surface area contributed by atoms with E-state index in [-0.39, 0.29) is 23.6 Å². The van der Waals surface area contributed by atoms with E-state index in [9.17, 15) is 9.00 Å². The molecule has 0 spiro atoms. The van der Waals surface area contributed by atoms with Crippen LogP contribution in [-0.4, -0.2) is 27.7 Å². The predicted molar refractivity (Wildman–Crippen MR) is 54.2 cm³/mol. The Kier molecular flexibility index (Phi) is 3.90. The highest BCUT2D eigenvalue weighted by molar-refractivity contribution is 7.91. The highest BCUT2D eigenvalue weighted by atomic mass is 32.2. The van der Waals surface area contributed by atoms with Crippen LogP contribution in [0.1, 0.15) is 27.2 Å². The zero-order valence-corrected chi connectivity index (χ0v) is 9.46. The molecule has 0 aromatic rings. The van der Waals surface area contributed by atoms with Crippen molar-refractivity contribution in [2.75, 3.05) is 12.0 Å². The van der Waals surface area contributed by atoms with E-state index in [1.807, 2.05) is 20.8 Å². The first-order valence-corrected chi connectivity index (χ1v) is 6.26. The van der Waals surface area contributed by atoms with Gasteiger partial charge in [-0.25, -0.2) is 0 Å². The molecule has 1 amide bonds. The molecule has 0 saturated carbocycles. The minimum absolute atomic E-state index is 0.134. The molecule has 0 heterocycles. The average Bonchev–Trinajstić information content (AvgIpc) is 1.78. The highest BCUT2D eigenvalue weighted by Gasteiger charge is 2.14. The van der Waals surface area contributed by atoms with Gasteiger partial charge in [-0.3, -0.25) is 13.8 Å². The quantitative estimate of drug-likeness (QED) is 0.722. The van der Waals surface area contributed by atoms with E-state index in [1.165, 1.54) is 6.26 Å². The van der Waals surface area contributed by atoms with E-state index >= 15 is 0 Å². The van der Waals surface area contributed by atoms with Crippen molar-refractivity contribution in [1.29, 1.82) is 4.78 Å². The summed E-state index contributed by atoms with van der Waals surface area (Å²) in [6.07, 6.45) is 1.51. The molecule has 0 aliphatic heterocycles. The molecule has 1 atom stereocenters. The molecular formula is C8H18N2O2S. The number of nitrogens with one attached hydrogen (secondary N) is 2. The van der Waals surface area contributed by atoms with Gasteiger partial charge in [-0.1, -0.05) is 0 Å². The first kappa shape index (κ1) is 12.4. The first-order valence-electron chi connectivity index (χ1n) is 4.13. The predicted octanol–water partition coefficient (Wildman–Crippen LogP) is 0.968. The molecule has 0 radical (unpaired) electrons. The fraction of sp³-hybridized carbons (Fsp3) is 0.875. The van der Waals surface area contributed by atoms with Crippen LogP contribution < -0.4 is 5.32 Å².